The van der Waals surface area contributed by atoms with Crippen LogP contribution in [0.15, 0.2) is 34.9 Å². The van der Waals surface area contributed by atoms with Crippen molar-refractivity contribution in [2.75, 3.05) is 11.1 Å². The maximum absolute atomic E-state index is 12.5. The summed E-state index contributed by atoms with van der Waals surface area (Å²) in [6.07, 6.45) is 4.36. The van der Waals surface area contributed by atoms with Gasteiger partial charge in [0, 0.05) is 17.5 Å². The average Bonchev–Trinajstić information content (AvgIpc) is 3.17. The van der Waals surface area contributed by atoms with Crippen LogP contribution >= 0.6 is 0 Å². The Morgan fingerprint density at radius 1 is 1.27 bits per heavy atom. The van der Waals surface area contributed by atoms with Gasteiger partial charge in [0.25, 0.3) is 0 Å². The lowest BCUT2D eigenvalue weighted by Crippen LogP contribution is -2.29. The van der Waals surface area contributed by atoms with Crippen LogP contribution in [0, 0.1) is 16.7 Å². The van der Waals surface area contributed by atoms with Gasteiger partial charge >= 0.3 is 0 Å². The van der Waals surface area contributed by atoms with E-state index in [1.54, 1.807) is 4.68 Å². The van der Waals surface area contributed by atoms with Gasteiger partial charge in [0.15, 0.2) is 0 Å². The van der Waals surface area contributed by atoms with Gasteiger partial charge in [-0.3, -0.25) is 10.1 Å². The Hall–Kier alpha value is -3.60. The standard InChI is InChI=1S/C25H28N6O2/c1-24(2)12-17(13-24)19-11-21(33-30-19)28-20(32)10-15-4-6-16(7-5-15)22-18(14-26)23(27)31(29-22)25(3)8-9-25/h4-7,11,17H,8-10,12-13,27H2,1-3H3,(H,28,32). The molecule has 170 valence electrons. The lowest BCUT2D eigenvalue weighted by Gasteiger charge is -2.41. The molecule has 0 radical (unpaired) electrons. The highest BCUT2D eigenvalue weighted by Crippen LogP contribution is 2.50. The highest BCUT2D eigenvalue weighted by Gasteiger charge is 2.43. The normalized spacial score (nSPS) is 18.4. The monoisotopic (exact) mass is 444 g/mol. The van der Waals surface area contributed by atoms with E-state index in [1.165, 1.54) is 0 Å². The van der Waals surface area contributed by atoms with Crippen LogP contribution in [0.5, 0.6) is 0 Å². The number of carbonyl (C=O) groups excluding carboxylic acids is 1. The lowest BCUT2D eigenvalue weighted by molar-refractivity contribution is -0.115. The summed E-state index contributed by atoms with van der Waals surface area (Å²) in [5, 5.41) is 21.2. The minimum Gasteiger partial charge on any atom is -0.383 e. The van der Waals surface area contributed by atoms with Crippen molar-refractivity contribution in [3.05, 3.63) is 47.2 Å². The van der Waals surface area contributed by atoms with E-state index in [-0.39, 0.29) is 17.9 Å². The van der Waals surface area contributed by atoms with Crippen LogP contribution in [0.3, 0.4) is 0 Å². The van der Waals surface area contributed by atoms with Crippen LogP contribution in [0.4, 0.5) is 11.7 Å². The van der Waals surface area contributed by atoms with Gasteiger partial charge in [-0.05, 0) is 43.6 Å². The molecule has 2 aliphatic carbocycles. The molecular formula is C25H28N6O2. The molecule has 0 aliphatic heterocycles. The Labute approximate surface area is 192 Å². The second kappa shape index (κ2) is 7.48. The van der Waals surface area contributed by atoms with E-state index in [4.69, 9.17) is 10.3 Å². The number of nitriles is 1. The van der Waals surface area contributed by atoms with Gasteiger partial charge in [-0.2, -0.15) is 10.4 Å². The molecule has 2 aliphatic rings. The van der Waals surface area contributed by atoms with Crippen LogP contribution in [0.2, 0.25) is 0 Å². The third-order valence-electron chi connectivity index (χ3n) is 6.92. The van der Waals surface area contributed by atoms with E-state index in [0.29, 0.717) is 34.3 Å². The van der Waals surface area contributed by atoms with Crippen molar-refractivity contribution in [1.29, 1.82) is 5.26 Å². The summed E-state index contributed by atoms with van der Waals surface area (Å²) >= 11 is 0. The highest BCUT2D eigenvalue weighted by molar-refractivity contribution is 5.91. The van der Waals surface area contributed by atoms with Crippen LogP contribution in [0.25, 0.3) is 11.3 Å². The molecule has 8 heteroatoms. The summed E-state index contributed by atoms with van der Waals surface area (Å²) < 4.78 is 7.09. The van der Waals surface area contributed by atoms with Crippen LogP contribution in [-0.4, -0.2) is 20.8 Å². The first-order valence-electron chi connectivity index (χ1n) is 11.3. The second-order valence-corrected chi connectivity index (χ2v) is 10.4. The molecule has 33 heavy (non-hydrogen) atoms. The third-order valence-corrected chi connectivity index (χ3v) is 6.92. The number of nitrogens with one attached hydrogen (secondary N) is 1. The fourth-order valence-corrected chi connectivity index (χ4v) is 4.72. The number of nitrogens with zero attached hydrogens (tertiary/aromatic N) is 4. The first kappa shape index (κ1) is 21.3. The number of hydrogen-bond donors (Lipinski definition) is 2. The summed E-state index contributed by atoms with van der Waals surface area (Å²) in [5.74, 6) is 1.02. The Bertz CT molecular complexity index is 1250. The molecule has 2 saturated carbocycles. The molecule has 0 bridgehead atoms. The number of amides is 1. The quantitative estimate of drug-likeness (QED) is 0.573. The molecule has 0 saturated heterocycles. The zero-order chi connectivity index (χ0) is 23.4. The number of rotatable bonds is 6. The zero-order valence-electron chi connectivity index (χ0n) is 19.2. The van der Waals surface area contributed by atoms with E-state index in [0.717, 1.165) is 42.5 Å². The molecule has 0 spiro atoms. The topological polar surface area (TPSA) is 123 Å². The maximum Gasteiger partial charge on any atom is 0.231 e. The number of nitrogen functional groups attached to an aromatic ring is 1. The fraction of sp³-hybridized carbons (Fsp3) is 0.440. The van der Waals surface area contributed by atoms with Gasteiger partial charge < -0.3 is 10.3 Å². The van der Waals surface area contributed by atoms with Crippen molar-refractivity contribution in [3.63, 3.8) is 0 Å². The van der Waals surface area contributed by atoms with Gasteiger partial charge in [-0.25, -0.2) is 4.68 Å². The summed E-state index contributed by atoms with van der Waals surface area (Å²) in [4.78, 5) is 12.5. The fourth-order valence-electron chi connectivity index (χ4n) is 4.72. The van der Waals surface area contributed by atoms with Crippen molar-refractivity contribution in [2.45, 2.75) is 64.3 Å². The second-order valence-electron chi connectivity index (χ2n) is 10.4. The van der Waals surface area contributed by atoms with Gasteiger partial charge in [0.1, 0.15) is 23.1 Å². The van der Waals surface area contributed by atoms with Gasteiger partial charge in [-0.15, -0.1) is 0 Å². The zero-order valence-corrected chi connectivity index (χ0v) is 19.2. The Morgan fingerprint density at radius 3 is 2.58 bits per heavy atom. The molecule has 2 fully saturated rings. The molecule has 0 unspecified atom stereocenters. The number of anilines is 2. The summed E-state index contributed by atoms with van der Waals surface area (Å²) in [6.45, 7) is 6.58. The van der Waals surface area contributed by atoms with E-state index in [2.05, 4.69) is 42.4 Å². The van der Waals surface area contributed by atoms with E-state index in [1.807, 2.05) is 30.3 Å². The predicted molar refractivity (Wildman–Crippen MR) is 124 cm³/mol. The predicted octanol–water partition coefficient (Wildman–Crippen LogP) is 4.59. The molecule has 0 atom stereocenters. The third kappa shape index (κ3) is 3.99. The van der Waals surface area contributed by atoms with Gasteiger partial charge in [-0.1, -0.05) is 43.3 Å². The van der Waals surface area contributed by atoms with Gasteiger partial charge in [0.05, 0.1) is 17.7 Å². The first-order chi connectivity index (χ1) is 15.7. The number of nitrogens with two attached hydrogens (primary N) is 1. The average molecular weight is 445 g/mol. The van der Waals surface area contributed by atoms with Crippen molar-refractivity contribution in [3.8, 4) is 17.3 Å². The van der Waals surface area contributed by atoms with Gasteiger partial charge in [0.2, 0.25) is 11.8 Å². The molecule has 2 heterocycles. The maximum atomic E-state index is 12.5. The van der Waals surface area contributed by atoms with Crippen LogP contribution in [-0.2, 0) is 16.8 Å². The van der Waals surface area contributed by atoms with Crippen molar-refractivity contribution < 1.29 is 9.32 Å². The molecule has 5 rings (SSSR count). The molecule has 2 aromatic heterocycles. The molecule has 3 N–H and O–H groups in total. The van der Waals surface area contributed by atoms with E-state index < -0.39 is 0 Å². The minimum absolute atomic E-state index is 0.0959. The largest absolute Gasteiger partial charge is 0.383 e. The minimum atomic E-state index is -0.174. The Morgan fingerprint density at radius 2 is 1.97 bits per heavy atom. The van der Waals surface area contributed by atoms with Crippen molar-refractivity contribution >= 4 is 17.6 Å². The van der Waals surface area contributed by atoms with Crippen molar-refractivity contribution in [1.82, 2.24) is 14.9 Å². The Balaban J connectivity index is 1.24. The lowest BCUT2D eigenvalue weighted by atomic mass is 9.63. The molecule has 1 aromatic carbocycles. The highest BCUT2D eigenvalue weighted by atomic mass is 16.5. The number of aromatic nitrogens is 3. The molecule has 3 aromatic rings. The molecular weight excluding hydrogens is 416 g/mol. The SMILES string of the molecule is CC1(C)CC(c2cc(NC(=O)Cc3ccc(-c4nn(C5(C)CC5)c(N)c4C#N)cc3)on2)C1. The first-order valence-corrected chi connectivity index (χ1v) is 11.3. The molecule has 8 nitrogen and oxygen atoms in total. The van der Waals surface area contributed by atoms with E-state index in [9.17, 15) is 10.1 Å². The Kier molecular flexibility index (Phi) is 4.82. The van der Waals surface area contributed by atoms with Crippen LogP contribution < -0.4 is 11.1 Å². The smallest absolute Gasteiger partial charge is 0.231 e. The van der Waals surface area contributed by atoms with Crippen molar-refractivity contribution in [2.24, 2.45) is 5.41 Å². The summed E-state index contributed by atoms with van der Waals surface area (Å²) in [6, 6.07) is 11.5. The number of hydrogen-bond acceptors (Lipinski definition) is 6. The number of benzene rings is 1. The summed E-state index contributed by atoms with van der Waals surface area (Å²) in [5.41, 5.74) is 9.98. The summed E-state index contributed by atoms with van der Waals surface area (Å²) in [7, 11) is 0. The van der Waals surface area contributed by atoms with Crippen LogP contribution in [0.1, 0.15) is 69.2 Å². The molecule has 1 amide bonds. The number of carbonyl (C=O) groups is 1. The van der Waals surface area contributed by atoms with E-state index >= 15 is 0 Å².